The lowest BCUT2D eigenvalue weighted by atomic mass is 9.93. The number of halogens is 1. The summed E-state index contributed by atoms with van der Waals surface area (Å²) in [5, 5.41) is 29.1. The van der Waals surface area contributed by atoms with Crippen molar-refractivity contribution in [2.75, 3.05) is 47.6 Å². The van der Waals surface area contributed by atoms with Crippen molar-refractivity contribution in [2.24, 2.45) is 5.92 Å². The van der Waals surface area contributed by atoms with E-state index in [1.165, 1.54) is 0 Å². The van der Waals surface area contributed by atoms with Gasteiger partial charge in [0, 0.05) is 60.3 Å². The number of carbonyl (C=O) groups is 1. The van der Waals surface area contributed by atoms with Crippen LogP contribution in [-0.2, 0) is 22.6 Å². The van der Waals surface area contributed by atoms with E-state index < -0.39 is 12.1 Å². The van der Waals surface area contributed by atoms with E-state index in [0.717, 1.165) is 64.7 Å². The number of aliphatic carboxylic acids is 1. The van der Waals surface area contributed by atoms with Gasteiger partial charge in [0.25, 0.3) is 0 Å². The molecule has 2 saturated heterocycles. The lowest BCUT2D eigenvalue weighted by molar-refractivity contribution is -0.138. The summed E-state index contributed by atoms with van der Waals surface area (Å²) in [5.74, 6) is 1.51. The molecule has 2 fully saturated rings. The maximum absolute atomic E-state index is 11.1. The Morgan fingerprint density at radius 3 is 2.46 bits per heavy atom. The number of hydrogen-bond donors (Lipinski definition) is 3. The molecule has 0 saturated carbocycles. The van der Waals surface area contributed by atoms with Gasteiger partial charge in [0.2, 0.25) is 11.8 Å². The molecule has 3 N–H and O–H groups in total. The van der Waals surface area contributed by atoms with Crippen LogP contribution in [0.1, 0.15) is 36.8 Å². The van der Waals surface area contributed by atoms with Crippen molar-refractivity contribution in [3.8, 4) is 45.7 Å². The van der Waals surface area contributed by atoms with Gasteiger partial charge in [-0.1, -0.05) is 48.0 Å². The zero-order valence-corrected chi connectivity index (χ0v) is 31.4. The molecule has 7 rings (SSSR count). The van der Waals surface area contributed by atoms with Crippen LogP contribution in [0.5, 0.6) is 17.5 Å². The number of likely N-dealkylation sites (tertiary alicyclic amines) is 1. The minimum atomic E-state index is -0.733. The number of benzene rings is 2. The molecule has 3 aromatic heterocycles. The minimum absolute atomic E-state index is 0.115. The Hall–Kier alpha value is -4.79. The smallest absolute Gasteiger partial charge is 0.303 e. The number of aliphatic hydroxyl groups excluding tert-OH is 1. The van der Waals surface area contributed by atoms with Gasteiger partial charge in [-0.15, -0.1) is 0 Å². The first-order valence-corrected chi connectivity index (χ1v) is 18.5. The van der Waals surface area contributed by atoms with Crippen molar-refractivity contribution in [3.05, 3.63) is 76.9 Å². The van der Waals surface area contributed by atoms with Crippen molar-refractivity contribution >= 4 is 28.5 Å². The SMILES string of the molecule is COc1cc(-n2ncc3c(-c4cccc(-c5ccc(CN6CCC(CC(=O)O)CC6)c(OC)n5)c4Cl)cccc32)nc(OC)c1CN[C@@H]1CCOC[C@@H]1O. The van der Waals surface area contributed by atoms with Gasteiger partial charge in [-0.25, -0.2) is 9.67 Å². The van der Waals surface area contributed by atoms with Crippen molar-refractivity contribution < 1.29 is 34.0 Å². The Balaban J connectivity index is 1.15. The van der Waals surface area contributed by atoms with Crippen LogP contribution in [0.4, 0.5) is 0 Å². The van der Waals surface area contributed by atoms with Crippen molar-refractivity contribution in [2.45, 2.75) is 50.9 Å². The van der Waals surface area contributed by atoms with Crippen LogP contribution in [0.25, 0.3) is 39.1 Å². The number of methoxy groups -OCH3 is 3. The highest BCUT2D eigenvalue weighted by molar-refractivity contribution is 6.36. The van der Waals surface area contributed by atoms with E-state index in [9.17, 15) is 9.90 Å². The van der Waals surface area contributed by atoms with Gasteiger partial charge in [0.1, 0.15) is 5.75 Å². The number of rotatable bonds is 13. The van der Waals surface area contributed by atoms with Gasteiger partial charge in [0.05, 0.1) is 62.0 Å². The molecule has 5 heterocycles. The molecule has 14 heteroatoms. The Morgan fingerprint density at radius 2 is 1.72 bits per heavy atom. The zero-order valence-electron chi connectivity index (χ0n) is 30.6. The predicted octanol–water partition coefficient (Wildman–Crippen LogP) is 5.75. The number of nitrogens with zero attached hydrogens (tertiary/aromatic N) is 5. The molecule has 13 nitrogen and oxygen atoms in total. The van der Waals surface area contributed by atoms with Crippen molar-refractivity contribution in [1.82, 2.24) is 30.0 Å². The number of aromatic nitrogens is 4. The van der Waals surface area contributed by atoms with Crippen molar-refractivity contribution in [1.29, 1.82) is 0 Å². The number of carboxylic acid groups (broad SMARTS) is 1. The summed E-state index contributed by atoms with van der Waals surface area (Å²) in [5.41, 5.74) is 5.70. The molecule has 2 atom stereocenters. The van der Waals surface area contributed by atoms with Crippen LogP contribution in [0.3, 0.4) is 0 Å². The fourth-order valence-corrected chi connectivity index (χ4v) is 7.81. The molecule has 0 bridgehead atoms. The Labute approximate surface area is 318 Å². The molecule has 0 amide bonds. The number of hydrogen-bond acceptors (Lipinski definition) is 11. The van der Waals surface area contributed by atoms with E-state index in [0.29, 0.717) is 66.8 Å². The van der Waals surface area contributed by atoms with Gasteiger partial charge in [0.15, 0.2) is 5.82 Å². The monoisotopic (exact) mass is 756 g/mol. The summed E-state index contributed by atoms with van der Waals surface area (Å²) in [4.78, 5) is 23.2. The average Bonchev–Trinajstić information content (AvgIpc) is 3.63. The van der Waals surface area contributed by atoms with E-state index in [1.54, 1.807) is 32.2 Å². The van der Waals surface area contributed by atoms with Gasteiger partial charge in [-0.2, -0.15) is 10.1 Å². The minimum Gasteiger partial charge on any atom is -0.496 e. The van der Waals surface area contributed by atoms with Crippen molar-refractivity contribution in [3.63, 3.8) is 0 Å². The topological polar surface area (TPSA) is 153 Å². The highest BCUT2D eigenvalue weighted by atomic mass is 35.5. The molecule has 0 unspecified atom stereocenters. The molecular formula is C40H45ClN6O7. The molecule has 0 radical (unpaired) electrons. The lowest BCUT2D eigenvalue weighted by Gasteiger charge is -2.31. The summed E-state index contributed by atoms with van der Waals surface area (Å²) in [7, 11) is 4.79. The Kier molecular flexibility index (Phi) is 11.6. The lowest BCUT2D eigenvalue weighted by Crippen LogP contribution is -2.46. The molecule has 0 spiro atoms. The first-order chi connectivity index (χ1) is 26.3. The van der Waals surface area contributed by atoms with E-state index in [2.05, 4.69) is 10.2 Å². The molecule has 5 aromatic rings. The second kappa shape index (κ2) is 16.7. The zero-order chi connectivity index (χ0) is 37.8. The first kappa shape index (κ1) is 37.5. The van der Waals surface area contributed by atoms with Crippen LogP contribution in [-0.4, -0.2) is 101 Å². The number of fused-ring (bicyclic) bond motifs is 1. The standard InChI is InChI=1S/C40H45ClN6O7/c1-51-35-19-36(45-40(53-3)30(35)20-42-32-14-17-54-23-34(32)48)47-33-9-5-6-26(29(33)21-43-47)27-7-4-8-28(38(27)41)31-11-10-25(39(44-31)52-2)22-46-15-12-24(13-16-46)18-37(49)50/h4-11,19,21,24,32,34,42,48H,12-18,20,22-23H2,1-3H3,(H,49,50)/t32-,34+/m1/s1. The third-order valence-electron chi connectivity index (χ3n) is 10.4. The quantitative estimate of drug-likeness (QED) is 0.134. The van der Waals surface area contributed by atoms with E-state index in [4.69, 9.17) is 50.7 Å². The highest BCUT2D eigenvalue weighted by Crippen LogP contribution is 2.40. The third-order valence-corrected chi connectivity index (χ3v) is 10.8. The van der Waals surface area contributed by atoms with Crippen LogP contribution in [0, 0.1) is 5.92 Å². The number of ether oxygens (including phenoxy) is 4. The maximum atomic E-state index is 11.1. The van der Waals surface area contributed by atoms with Crippen LogP contribution >= 0.6 is 11.6 Å². The second-order valence-electron chi connectivity index (χ2n) is 13.7. The van der Waals surface area contributed by atoms with Gasteiger partial charge in [-0.3, -0.25) is 9.69 Å². The predicted molar refractivity (Wildman–Crippen MR) is 205 cm³/mol. The number of pyridine rings is 2. The molecule has 2 aromatic carbocycles. The summed E-state index contributed by atoms with van der Waals surface area (Å²) in [6.07, 6.45) is 3.85. The van der Waals surface area contributed by atoms with E-state index in [-0.39, 0.29) is 18.4 Å². The maximum Gasteiger partial charge on any atom is 0.303 e. The first-order valence-electron chi connectivity index (χ1n) is 18.1. The number of piperidine rings is 1. The van der Waals surface area contributed by atoms with Gasteiger partial charge < -0.3 is 34.5 Å². The second-order valence-corrected chi connectivity index (χ2v) is 14.1. The summed E-state index contributed by atoms with van der Waals surface area (Å²) >= 11 is 7.20. The normalized spacial score (nSPS) is 18.2. The number of aliphatic hydroxyl groups is 1. The molecule has 2 aliphatic heterocycles. The van der Waals surface area contributed by atoms with Crippen LogP contribution in [0.15, 0.2) is 60.8 Å². The summed E-state index contributed by atoms with van der Waals surface area (Å²) < 4.78 is 24.4. The number of nitrogens with one attached hydrogen (secondary N) is 1. The number of carboxylic acids is 1. The average molecular weight is 757 g/mol. The molecule has 54 heavy (non-hydrogen) atoms. The Morgan fingerprint density at radius 1 is 0.963 bits per heavy atom. The van der Waals surface area contributed by atoms with E-state index >= 15 is 0 Å². The molecule has 0 aliphatic carbocycles. The van der Waals surface area contributed by atoms with E-state index in [1.807, 2.05) is 54.6 Å². The molecular weight excluding hydrogens is 712 g/mol. The highest BCUT2D eigenvalue weighted by Gasteiger charge is 2.26. The van der Waals surface area contributed by atoms with Crippen LogP contribution < -0.4 is 19.5 Å². The summed E-state index contributed by atoms with van der Waals surface area (Å²) in [6.45, 7) is 3.61. The Bertz CT molecular complexity index is 2090. The fourth-order valence-electron chi connectivity index (χ4n) is 7.49. The van der Waals surface area contributed by atoms with Crippen LogP contribution in [0.2, 0.25) is 5.02 Å². The summed E-state index contributed by atoms with van der Waals surface area (Å²) in [6, 6.07) is 17.6. The largest absolute Gasteiger partial charge is 0.496 e. The van der Waals surface area contributed by atoms with Gasteiger partial charge >= 0.3 is 5.97 Å². The fraction of sp³-hybridized carbons (Fsp3) is 0.400. The molecule has 284 valence electrons. The van der Waals surface area contributed by atoms with Gasteiger partial charge in [-0.05, 0) is 56.0 Å². The molecule has 2 aliphatic rings. The third kappa shape index (κ3) is 7.87.